The summed E-state index contributed by atoms with van der Waals surface area (Å²) in [4.78, 5) is 22.4. The Hall–Kier alpha value is -3.28. The maximum Gasteiger partial charge on any atom is 0.323 e. The Morgan fingerprint density at radius 3 is 2.58 bits per heavy atom. The zero-order valence-corrected chi connectivity index (χ0v) is 13.2. The Bertz CT molecular complexity index is 739. The molecular weight excluding hydrogens is 308 g/mol. The number of carbonyl (C=O) groups excluding carboxylic acids is 1. The van der Waals surface area contributed by atoms with Gasteiger partial charge in [-0.2, -0.15) is 0 Å². The summed E-state index contributed by atoms with van der Waals surface area (Å²) in [5.41, 5.74) is 2.15. The minimum Gasteiger partial charge on any atom is -0.497 e. The molecule has 6 nitrogen and oxygen atoms in total. The average molecular weight is 326 g/mol. The van der Waals surface area contributed by atoms with Crippen LogP contribution in [0.3, 0.4) is 0 Å². The SMILES string of the molecule is COc1cccc(/C=C/NC(=O)Nc2ccc(CC(=O)O)cc2)c1. The monoisotopic (exact) mass is 326 g/mol. The summed E-state index contributed by atoms with van der Waals surface area (Å²) in [6.45, 7) is 0. The van der Waals surface area contributed by atoms with Crippen LogP contribution in [0.25, 0.3) is 6.08 Å². The Labute approximate surface area is 139 Å². The van der Waals surface area contributed by atoms with Crippen molar-refractivity contribution in [3.05, 3.63) is 65.9 Å². The number of hydrogen-bond acceptors (Lipinski definition) is 3. The molecule has 6 heteroatoms. The number of urea groups is 1. The van der Waals surface area contributed by atoms with Crippen molar-refractivity contribution >= 4 is 23.8 Å². The van der Waals surface area contributed by atoms with E-state index >= 15 is 0 Å². The second-order valence-electron chi connectivity index (χ2n) is 4.98. The molecule has 0 saturated carbocycles. The number of benzene rings is 2. The van der Waals surface area contributed by atoms with E-state index in [2.05, 4.69) is 10.6 Å². The van der Waals surface area contributed by atoms with Crippen molar-refractivity contribution in [3.8, 4) is 5.75 Å². The van der Waals surface area contributed by atoms with Crippen LogP contribution in [-0.2, 0) is 11.2 Å². The molecule has 0 heterocycles. The van der Waals surface area contributed by atoms with Gasteiger partial charge in [-0.25, -0.2) is 4.79 Å². The number of methoxy groups -OCH3 is 1. The number of amides is 2. The highest BCUT2D eigenvalue weighted by molar-refractivity contribution is 5.90. The number of aliphatic carboxylic acids is 1. The summed E-state index contributed by atoms with van der Waals surface area (Å²) in [5, 5.41) is 14.0. The Morgan fingerprint density at radius 2 is 1.92 bits per heavy atom. The van der Waals surface area contributed by atoms with Crippen LogP contribution in [0.1, 0.15) is 11.1 Å². The van der Waals surface area contributed by atoms with Gasteiger partial charge in [-0.3, -0.25) is 4.79 Å². The van der Waals surface area contributed by atoms with Gasteiger partial charge in [0.2, 0.25) is 0 Å². The first-order chi connectivity index (χ1) is 11.6. The Morgan fingerprint density at radius 1 is 1.17 bits per heavy atom. The van der Waals surface area contributed by atoms with Crippen LogP contribution in [0, 0.1) is 0 Å². The van der Waals surface area contributed by atoms with Crippen LogP contribution >= 0.6 is 0 Å². The van der Waals surface area contributed by atoms with E-state index in [0.717, 1.165) is 11.3 Å². The van der Waals surface area contributed by atoms with Crippen LogP contribution in [0.5, 0.6) is 5.75 Å². The summed E-state index contributed by atoms with van der Waals surface area (Å²) in [7, 11) is 1.59. The third-order valence-corrected chi connectivity index (χ3v) is 3.15. The van der Waals surface area contributed by atoms with E-state index in [1.165, 1.54) is 6.20 Å². The number of nitrogens with one attached hydrogen (secondary N) is 2. The van der Waals surface area contributed by atoms with Crippen LogP contribution < -0.4 is 15.4 Å². The van der Waals surface area contributed by atoms with Gasteiger partial charge in [0.1, 0.15) is 5.75 Å². The molecule has 2 aromatic rings. The second kappa shape index (κ2) is 8.38. The van der Waals surface area contributed by atoms with E-state index in [0.29, 0.717) is 11.3 Å². The predicted molar refractivity (Wildman–Crippen MR) is 92.0 cm³/mol. The third kappa shape index (κ3) is 5.49. The quantitative estimate of drug-likeness (QED) is 0.761. The van der Waals surface area contributed by atoms with Gasteiger partial charge in [0.15, 0.2) is 0 Å². The smallest absolute Gasteiger partial charge is 0.323 e. The molecule has 0 saturated heterocycles. The summed E-state index contributed by atoms with van der Waals surface area (Å²) in [5.74, 6) is -0.154. The highest BCUT2D eigenvalue weighted by atomic mass is 16.5. The highest BCUT2D eigenvalue weighted by Crippen LogP contribution is 2.13. The molecule has 0 radical (unpaired) electrons. The van der Waals surface area contributed by atoms with Gasteiger partial charge in [0.05, 0.1) is 13.5 Å². The minimum absolute atomic E-state index is 0.0459. The number of anilines is 1. The molecule has 2 aromatic carbocycles. The normalized spacial score (nSPS) is 10.4. The van der Waals surface area contributed by atoms with Crippen LogP contribution in [0.15, 0.2) is 54.7 Å². The van der Waals surface area contributed by atoms with E-state index in [9.17, 15) is 9.59 Å². The molecule has 3 N–H and O–H groups in total. The van der Waals surface area contributed by atoms with Crippen LogP contribution in [0.2, 0.25) is 0 Å². The highest BCUT2D eigenvalue weighted by Gasteiger charge is 2.02. The summed E-state index contributed by atoms with van der Waals surface area (Å²) >= 11 is 0. The maximum absolute atomic E-state index is 11.8. The summed E-state index contributed by atoms with van der Waals surface area (Å²) in [6.07, 6.45) is 3.23. The van der Waals surface area contributed by atoms with Gasteiger partial charge in [-0.05, 0) is 41.5 Å². The number of rotatable bonds is 6. The lowest BCUT2D eigenvalue weighted by molar-refractivity contribution is -0.136. The lowest BCUT2D eigenvalue weighted by Crippen LogP contribution is -2.23. The van der Waals surface area contributed by atoms with E-state index in [1.807, 2.05) is 24.3 Å². The van der Waals surface area contributed by atoms with Gasteiger partial charge in [0, 0.05) is 11.9 Å². The largest absolute Gasteiger partial charge is 0.497 e. The standard InChI is InChI=1S/C18H18N2O4/c1-24-16-4-2-3-13(11-16)9-10-19-18(23)20-15-7-5-14(6-8-15)12-17(21)22/h2-11H,12H2,1H3,(H,21,22)(H2,19,20,23)/b10-9+. The van der Waals surface area contributed by atoms with Crippen molar-refractivity contribution in [1.29, 1.82) is 0 Å². The third-order valence-electron chi connectivity index (χ3n) is 3.15. The molecule has 0 bridgehead atoms. The summed E-state index contributed by atoms with van der Waals surface area (Å²) in [6, 6.07) is 13.7. The molecule has 0 spiro atoms. The molecule has 24 heavy (non-hydrogen) atoms. The predicted octanol–water partition coefficient (Wildman–Crippen LogP) is 3.11. The van der Waals surface area contributed by atoms with Crippen molar-refractivity contribution in [1.82, 2.24) is 5.32 Å². The van der Waals surface area contributed by atoms with Gasteiger partial charge in [0.25, 0.3) is 0 Å². The topological polar surface area (TPSA) is 87.7 Å². The minimum atomic E-state index is -0.892. The molecule has 0 aliphatic carbocycles. The number of carboxylic acids is 1. The van der Waals surface area contributed by atoms with Crippen molar-refractivity contribution in [2.45, 2.75) is 6.42 Å². The fraction of sp³-hybridized carbons (Fsp3) is 0.111. The fourth-order valence-corrected chi connectivity index (χ4v) is 2.01. The molecule has 0 atom stereocenters. The maximum atomic E-state index is 11.8. The fourth-order valence-electron chi connectivity index (χ4n) is 2.01. The molecule has 0 aromatic heterocycles. The average Bonchev–Trinajstić information content (AvgIpc) is 2.56. The van der Waals surface area contributed by atoms with Gasteiger partial charge >= 0.3 is 12.0 Å². The van der Waals surface area contributed by atoms with Crippen molar-refractivity contribution in [2.75, 3.05) is 12.4 Å². The second-order valence-corrected chi connectivity index (χ2v) is 4.98. The molecular formula is C18H18N2O4. The van der Waals surface area contributed by atoms with E-state index in [4.69, 9.17) is 9.84 Å². The van der Waals surface area contributed by atoms with E-state index in [-0.39, 0.29) is 12.5 Å². The molecule has 2 rings (SSSR count). The van der Waals surface area contributed by atoms with Crippen LogP contribution in [0.4, 0.5) is 10.5 Å². The zero-order chi connectivity index (χ0) is 17.4. The number of ether oxygens (including phenoxy) is 1. The van der Waals surface area contributed by atoms with Gasteiger partial charge < -0.3 is 20.5 Å². The molecule has 0 fully saturated rings. The number of carboxylic acid groups (broad SMARTS) is 1. The Kier molecular flexibility index (Phi) is 5.96. The lowest BCUT2D eigenvalue weighted by atomic mass is 10.1. The van der Waals surface area contributed by atoms with Crippen molar-refractivity contribution in [2.24, 2.45) is 0 Å². The van der Waals surface area contributed by atoms with Crippen molar-refractivity contribution < 1.29 is 19.4 Å². The molecule has 124 valence electrons. The Balaban J connectivity index is 1.86. The van der Waals surface area contributed by atoms with Gasteiger partial charge in [-0.1, -0.05) is 24.3 Å². The van der Waals surface area contributed by atoms with Gasteiger partial charge in [-0.15, -0.1) is 0 Å². The first-order valence-electron chi connectivity index (χ1n) is 7.25. The summed E-state index contributed by atoms with van der Waals surface area (Å²) < 4.78 is 5.12. The van der Waals surface area contributed by atoms with E-state index in [1.54, 1.807) is 37.5 Å². The molecule has 0 aliphatic rings. The number of hydrogen-bond donors (Lipinski definition) is 3. The molecule has 0 aliphatic heterocycles. The molecule has 0 unspecified atom stereocenters. The first kappa shape index (κ1) is 17.1. The van der Waals surface area contributed by atoms with Crippen LogP contribution in [-0.4, -0.2) is 24.2 Å². The molecule has 2 amide bonds. The van der Waals surface area contributed by atoms with Crippen molar-refractivity contribution in [3.63, 3.8) is 0 Å². The lowest BCUT2D eigenvalue weighted by Gasteiger charge is -2.05. The van der Waals surface area contributed by atoms with E-state index < -0.39 is 5.97 Å². The zero-order valence-electron chi connectivity index (χ0n) is 13.2. The number of carbonyl (C=O) groups is 2. The first-order valence-corrected chi connectivity index (χ1v) is 7.25.